The SMILES string of the molecule is c1ccc(-n2cc([C@H]3Oc4ccccc4[C@@H]4CC(c5ccc6c(c5)OCCO6)=NN34)c(-c3cccs3)n2)cc1. The molecule has 39 heavy (non-hydrogen) atoms. The summed E-state index contributed by atoms with van der Waals surface area (Å²) < 4.78 is 20.3. The van der Waals surface area contributed by atoms with Crippen molar-refractivity contribution in [2.45, 2.75) is 18.7 Å². The van der Waals surface area contributed by atoms with Gasteiger partial charge >= 0.3 is 0 Å². The highest BCUT2D eigenvalue weighted by molar-refractivity contribution is 7.13. The average Bonchev–Trinajstić information content (AvgIpc) is 3.77. The van der Waals surface area contributed by atoms with Crippen LogP contribution in [0.25, 0.3) is 16.3 Å². The van der Waals surface area contributed by atoms with Crippen molar-refractivity contribution in [1.29, 1.82) is 0 Å². The fraction of sp³-hybridized carbons (Fsp3) is 0.161. The number of para-hydroxylation sites is 2. The van der Waals surface area contributed by atoms with Gasteiger partial charge in [-0.2, -0.15) is 10.2 Å². The zero-order valence-corrected chi connectivity index (χ0v) is 21.8. The van der Waals surface area contributed by atoms with E-state index in [9.17, 15) is 0 Å². The molecule has 0 radical (unpaired) electrons. The summed E-state index contributed by atoms with van der Waals surface area (Å²) in [5, 5.41) is 14.4. The molecule has 8 heteroatoms. The van der Waals surface area contributed by atoms with E-state index in [2.05, 4.69) is 59.1 Å². The molecule has 0 saturated heterocycles. The smallest absolute Gasteiger partial charge is 0.217 e. The predicted molar refractivity (Wildman–Crippen MR) is 150 cm³/mol. The second-order valence-corrected chi connectivity index (χ2v) is 10.7. The van der Waals surface area contributed by atoms with Gasteiger partial charge < -0.3 is 14.2 Å². The summed E-state index contributed by atoms with van der Waals surface area (Å²) in [5.41, 5.74) is 6.04. The predicted octanol–water partition coefficient (Wildman–Crippen LogP) is 6.61. The fourth-order valence-corrected chi connectivity index (χ4v) is 6.25. The number of thiophene rings is 1. The molecule has 0 bridgehead atoms. The molecule has 5 aromatic rings. The Kier molecular flexibility index (Phi) is 5.19. The van der Waals surface area contributed by atoms with Gasteiger partial charge in [-0.25, -0.2) is 9.69 Å². The van der Waals surface area contributed by atoms with Crippen LogP contribution in [0.3, 0.4) is 0 Å². The molecule has 0 fully saturated rings. The van der Waals surface area contributed by atoms with Crippen LogP contribution in [0.1, 0.15) is 35.4 Å². The molecule has 2 aromatic heterocycles. The maximum atomic E-state index is 6.72. The molecule has 8 rings (SSSR count). The van der Waals surface area contributed by atoms with E-state index in [-0.39, 0.29) is 6.04 Å². The van der Waals surface area contributed by atoms with E-state index in [0.29, 0.717) is 13.2 Å². The summed E-state index contributed by atoms with van der Waals surface area (Å²) in [4.78, 5) is 1.09. The normalized spacial score (nSPS) is 19.2. The van der Waals surface area contributed by atoms with Crippen molar-refractivity contribution in [2.75, 3.05) is 13.2 Å². The summed E-state index contributed by atoms with van der Waals surface area (Å²) in [5.74, 6) is 2.43. The van der Waals surface area contributed by atoms with E-state index in [4.69, 9.17) is 24.4 Å². The molecule has 3 aromatic carbocycles. The van der Waals surface area contributed by atoms with Crippen LogP contribution in [0.4, 0.5) is 0 Å². The van der Waals surface area contributed by atoms with Crippen LogP contribution in [0, 0.1) is 0 Å². The maximum Gasteiger partial charge on any atom is 0.217 e. The summed E-state index contributed by atoms with van der Waals surface area (Å²) in [6, 6.07) is 28.7. The molecule has 0 amide bonds. The van der Waals surface area contributed by atoms with Gasteiger partial charge in [0.15, 0.2) is 11.5 Å². The number of hydrazone groups is 1. The summed E-state index contributed by atoms with van der Waals surface area (Å²) in [6.45, 7) is 1.13. The Morgan fingerprint density at radius 1 is 0.795 bits per heavy atom. The van der Waals surface area contributed by atoms with Crippen LogP contribution in [-0.2, 0) is 0 Å². The molecular weight excluding hydrogens is 508 g/mol. The quantitative estimate of drug-likeness (QED) is 0.261. The molecule has 2 atom stereocenters. The van der Waals surface area contributed by atoms with Gasteiger partial charge in [0.2, 0.25) is 6.23 Å². The minimum absolute atomic E-state index is 0.0411. The zero-order chi connectivity index (χ0) is 25.8. The Labute approximate surface area is 229 Å². The van der Waals surface area contributed by atoms with E-state index < -0.39 is 6.23 Å². The number of fused-ring (bicyclic) bond motifs is 4. The Morgan fingerprint density at radius 3 is 2.51 bits per heavy atom. The second-order valence-electron chi connectivity index (χ2n) is 9.70. The molecule has 0 saturated carbocycles. The third-order valence-electron chi connectivity index (χ3n) is 7.36. The minimum atomic E-state index is -0.436. The third kappa shape index (κ3) is 3.79. The van der Waals surface area contributed by atoms with Crippen LogP contribution in [0.15, 0.2) is 102 Å². The summed E-state index contributed by atoms with van der Waals surface area (Å²) in [7, 11) is 0. The minimum Gasteiger partial charge on any atom is -0.486 e. The lowest BCUT2D eigenvalue weighted by molar-refractivity contribution is -0.0186. The lowest BCUT2D eigenvalue weighted by atomic mass is 9.95. The lowest BCUT2D eigenvalue weighted by Gasteiger charge is -2.37. The van der Waals surface area contributed by atoms with Crippen molar-refractivity contribution in [2.24, 2.45) is 5.10 Å². The monoisotopic (exact) mass is 532 g/mol. The number of ether oxygens (including phenoxy) is 3. The van der Waals surface area contributed by atoms with Crippen LogP contribution in [0.5, 0.6) is 17.2 Å². The van der Waals surface area contributed by atoms with Gasteiger partial charge in [0.1, 0.15) is 24.7 Å². The first-order chi connectivity index (χ1) is 19.3. The molecule has 3 aliphatic heterocycles. The first kappa shape index (κ1) is 22.4. The van der Waals surface area contributed by atoms with E-state index in [1.807, 2.05) is 47.1 Å². The van der Waals surface area contributed by atoms with Crippen molar-refractivity contribution >= 4 is 17.0 Å². The number of benzene rings is 3. The molecule has 7 nitrogen and oxygen atoms in total. The van der Waals surface area contributed by atoms with Gasteiger partial charge in [0, 0.05) is 23.7 Å². The molecule has 192 valence electrons. The highest BCUT2D eigenvalue weighted by Crippen LogP contribution is 2.49. The van der Waals surface area contributed by atoms with Crippen molar-refractivity contribution in [3.63, 3.8) is 0 Å². The molecule has 3 aliphatic rings. The number of hydrogen-bond donors (Lipinski definition) is 0. The largest absolute Gasteiger partial charge is 0.486 e. The third-order valence-corrected chi connectivity index (χ3v) is 8.23. The van der Waals surface area contributed by atoms with Crippen LogP contribution >= 0.6 is 11.3 Å². The van der Waals surface area contributed by atoms with E-state index in [0.717, 1.165) is 62.3 Å². The number of nitrogens with zero attached hydrogens (tertiary/aromatic N) is 4. The molecular formula is C31H24N4O3S. The Balaban J connectivity index is 1.26. The first-order valence-electron chi connectivity index (χ1n) is 13.0. The Morgan fingerprint density at radius 2 is 1.64 bits per heavy atom. The van der Waals surface area contributed by atoms with E-state index >= 15 is 0 Å². The lowest BCUT2D eigenvalue weighted by Crippen LogP contribution is -2.33. The van der Waals surface area contributed by atoms with Crippen molar-refractivity contribution in [3.05, 3.63) is 113 Å². The molecule has 0 spiro atoms. The zero-order valence-electron chi connectivity index (χ0n) is 20.9. The first-order valence-corrected chi connectivity index (χ1v) is 13.9. The topological polar surface area (TPSA) is 61.1 Å². The van der Waals surface area contributed by atoms with Crippen LogP contribution < -0.4 is 14.2 Å². The highest BCUT2D eigenvalue weighted by Gasteiger charge is 2.42. The molecule has 0 N–H and O–H groups in total. The highest BCUT2D eigenvalue weighted by atomic mass is 32.1. The summed E-state index contributed by atoms with van der Waals surface area (Å²) in [6.07, 6.45) is 2.41. The van der Waals surface area contributed by atoms with Crippen molar-refractivity contribution < 1.29 is 14.2 Å². The number of hydrogen-bond acceptors (Lipinski definition) is 7. The van der Waals surface area contributed by atoms with Gasteiger partial charge in [0.25, 0.3) is 0 Å². The van der Waals surface area contributed by atoms with Crippen LogP contribution in [-0.4, -0.2) is 33.7 Å². The summed E-state index contributed by atoms with van der Waals surface area (Å²) >= 11 is 1.67. The molecule has 0 aliphatic carbocycles. The van der Waals surface area contributed by atoms with Crippen LogP contribution in [0.2, 0.25) is 0 Å². The maximum absolute atomic E-state index is 6.72. The standard InChI is InChI=1S/C31H24N4O3S/c1-2-7-21(8-3-1)34-19-23(30(33-34)29-11-6-16-39-29)31-35-25(22-9-4-5-10-26(22)38-31)18-24(32-35)20-12-13-27-28(17-20)37-15-14-36-27/h1-13,16-17,19,25,31H,14-15,18H2/t25-,31+/m0/s1. The van der Waals surface area contributed by atoms with Gasteiger partial charge in [-0.3, -0.25) is 0 Å². The average molecular weight is 533 g/mol. The van der Waals surface area contributed by atoms with E-state index in [1.54, 1.807) is 11.3 Å². The van der Waals surface area contributed by atoms with Gasteiger partial charge in [-0.1, -0.05) is 42.5 Å². The Hall–Kier alpha value is -4.56. The molecule has 0 unspecified atom stereocenters. The van der Waals surface area contributed by atoms with Crippen molar-refractivity contribution in [1.82, 2.24) is 14.8 Å². The van der Waals surface area contributed by atoms with Gasteiger partial charge in [-0.15, -0.1) is 11.3 Å². The Bertz CT molecular complexity index is 1700. The number of rotatable bonds is 4. The van der Waals surface area contributed by atoms with Crippen molar-refractivity contribution in [3.8, 4) is 33.5 Å². The number of aromatic nitrogens is 2. The van der Waals surface area contributed by atoms with Gasteiger partial charge in [0.05, 0.1) is 27.9 Å². The fourth-order valence-electron chi connectivity index (χ4n) is 5.52. The van der Waals surface area contributed by atoms with Gasteiger partial charge in [-0.05, 0) is 47.8 Å². The van der Waals surface area contributed by atoms with E-state index in [1.165, 1.54) is 0 Å². The molecule has 5 heterocycles. The second kappa shape index (κ2) is 9.03.